The number of aromatic carboxylic acids is 1. The van der Waals surface area contributed by atoms with Crippen molar-refractivity contribution in [3.63, 3.8) is 0 Å². The highest BCUT2D eigenvalue weighted by molar-refractivity contribution is 5.89. The first-order chi connectivity index (χ1) is 9.86. The van der Waals surface area contributed by atoms with Crippen LogP contribution in [0.4, 0.5) is 15.9 Å². The highest BCUT2D eigenvalue weighted by Crippen LogP contribution is 2.23. The van der Waals surface area contributed by atoms with Crippen molar-refractivity contribution >= 4 is 17.5 Å². The molecule has 1 aromatic carbocycles. The average molecular weight is 288 g/mol. The molecular weight excluding hydrogens is 271 g/mol. The van der Waals surface area contributed by atoms with Crippen molar-refractivity contribution in [2.24, 2.45) is 0 Å². The van der Waals surface area contributed by atoms with Gasteiger partial charge < -0.3 is 10.4 Å². The van der Waals surface area contributed by atoms with Gasteiger partial charge in [0, 0.05) is 11.4 Å². The van der Waals surface area contributed by atoms with Gasteiger partial charge in [-0.25, -0.2) is 14.2 Å². The fraction of sp³-hybridized carbons (Fsp3) is 0.250. The van der Waals surface area contributed by atoms with Crippen molar-refractivity contribution in [2.75, 3.05) is 5.32 Å². The second-order valence-corrected chi connectivity index (χ2v) is 5.21. The van der Waals surface area contributed by atoms with Crippen LogP contribution in [0, 0.1) is 12.7 Å². The highest BCUT2D eigenvalue weighted by Gasteiger charge is 2.11. The summed E-state index contributed by atoms with van der Waals surface area (Å²) in [7, 11) is 0. The molecule has 1 aromatic heterocycles. The van der Waals surface area contributed by atoms with Crippen LogP contribution in [0.2, 0.25) is 0 Å². The molecule has 0 atom stereocenters. The van der Waals surface area contributed by atoms with Crippen molar-refractivity contribution < 1.29 is 14.3 Å². The number of carbonyl (C=O) groups is 1. The predicted molar refractivity (Wildman–Crippen MR) is 79.7 cm³/mol. The van der Waals surface area contributed by atoms with E-state index < -0.39 is 5.97 Å². The highest BCUT2D eigenvalue weighted by atomic mass is 19.1. The standard InChI is InChI=1S/C16H17FN2O2/c1-9(2)14-7-11(16(20)21)8-15(19-14)18-13-5-4-12(17)6-10(13)3/h4-9H,1-3H3,(H,18,19)(H,20,21). The molecule has 4 nitrogen and oxygen atoms in total. The number of carboxylic acids is 1. The number of nitrogens with one attached hydrogen (secondary N) is 1. The third-order valence-electron chi connectivity index (χ3n) is 3.13. The Balaban J connectivity index is 2.41. The Bertz CT molecular complexity index is 684. The maximum absolute atomic E-state index is 13.1. The van der Waals surface area contributed by atoms with Crippen molar-refractivity contribution in [2.45, 2.75) is 26.7 Å². The number of carboxylic acid groups (broad SMARTS) is 1. The van der Waals surface area contributed by atoms with Gasteiger partial charge in [-0.3, -0.25) is 0 Å². The Morgan fingerprint density at radius 1 is 1.29 bits per heavy atom. The van der Waals surface area contributed by atoms with Crippen molar-refractivity contribution in [3.8, 4) is 0 Å². The normalized spacial score (nSPS) is 10.7. The lowest BCUT2D eigenvalue weighted by Crippen LogP contribution is -2.05. The lowest BCUT2D eigenvalue weighted by Gasteiger charge is -2.12. The molecule has 2 rings (SSSR count). The Hall–Kier alpha value is -2.43. The molecule has 0 aliphatic carbocycles. The van der Waals surface area contributed by atoms with Gasteiger partial charge in [-0.05, 0) is 48.7 Å². The summed E-state index contributed by atoms with van der Waals surface area (Å²) in [4.78, 5) is 15.6. The summed E-state index contributed by atoms with van der Waals surface area (Å²) >= 11 is 0. The summed E-state index contributed by atoms with van der Waals surface area (Å²) in [5.41, 5.74) is 2.29. The van der Waals surface area contributed by atoms with Crippen LogP contribution in [-0.2, 0) is 0 Å². The van der Waals surface area contributed by atoms with Gasteiger partial charge in [0.25, 0.3) is 0 Å². The zero-order valence-corrected chi connectivity index (χ0v) is 12.1. The van der Waals surface area contributed by atoms with Gasteiger partial charge >= 0.3 is 5.97 Å². The number of halogens is 1. The van der Waals surface area contributed by atoms with E-state index in [2.05, 4.69) is 10.3 Å². The molecule has 110 valence electrons. The lowest BCUT2D eigenvalue weighted by molar-refractivity contribution is 0.0696. The first-order valence-corrected chi connectivity index (χ1v) is 6.65. The molecule has 5 heteroatoms. The van der Waals surface area contributed by atoms with Crippen molar-refractivity contribution in [1.82, 2.24) is 4.98 Å². The topological polar surface area (TPSA) is 62.2 Å². The van der Waals surface area contributed by atoms with Gasteiger partial charge in [-0.2, -0.15) is 0 Å². The van der Waals surface area contributed by atoms with E-state index >= 15 is 0 Å². The molecule has 0 aliphatic heterocycles. The molecule has 0 amide bonds. The van der Waals surface area contributed by atoms with E-state index in [1.165, 1.54) is 18.2 Å². The van der Waals surface area contributed by atoms with E-state index in [1.807, 2.05) is 13.8 Å². The van der Waals surface area contributed by atoms with E-state index in [9.17, 15) is 9.18 Å². The summed E-state index contributed by atoms with van der Waals surface area (Å²) in [6.07, 6.45) is 0. The van der Waals surface area contributed by atoms with Crippen LogP contribution in [0.25, 0.3) is 0 Å². The minimum absolute atomic E-state index is 0.110. The van der Waals surface area contributed by atoms with E-state index in [0.717, 1.165) is 5.56 Å². The molecule has 0 fully saturated rings. The van der Waals surface area contributed by atoms with Gasteiger partial charge in [0.05, 0.1) is 5.56 Å². The number of nitrogens with zero attached hydrogens (tertiary/aromatic N) is 1. The summed E-state index contributed by atoms with van der Waals surface area (Å²) in [5.74, 6) is -0.765. The molecule has 2 aromatic rings. The second kappa shape index (κ2) is 5.91. The Morgan fingerprint density at radius 3 is 2.57 bits per heavy atom. The summed E-state index contributed by atoms with van der Waals surface area (Å²) < 4.78 is 13.1. The van der Waals surface area contributed by atoms with Gasteiger partial charge in [-0.1, -0.05) is 13.8 Å². The number of hydrogen-bond acceptors (Lipinski definition) is 3. The third-order valence-corrected chi connectivity index (χ3v) is 3.13. The maximum atomic E-state index is 13.1. The molecule has 0 saturated heterocycles. The van der Waals surface area contributed by atoms with E-state index in [1.54, 1.807) is 19.1 Å². The van der Waals surface area contributed by atoms with Crippen LogP contribution in [0.15, 0.2) is 30.3 Å². The zero-order valence-electron chi connectivity index (χ0n) is 12.1. The minimum atomic E-state index is -1.00. The van der Waals surface area contributed by atoms with Crippen LogP contribution in [0.5, 0.6) is 0 Å². The molecule has 21 heavy (non-hydrogen) atoms. The quantitative estimate of drug-likeness (QED) is 0.889. The number of hydrogen-bond donors (Lipinski definition) is 2. The van der Waals surface area contributed by atoms with Crippen molar-refractivity contribution in [1.29, 1.82) is 0 Å². The van der Waals surface area contributed by atoms with E-state index in [-0.39, 0.29) is 17.3 Å². The van der Waals surface area contributed by atoms with Gasteiger partial charge in [-0.15, -0.1) is 0 Å². The fourth-order valence-electron chi connectivity index (χ4n) is 1.94. The Labute approximate surface area is 122 Å². The number of rotatable bonds is 4. The summed E-state index contributed by atoms with van der Waals surface area (Å²) in [6.45, 7) is 5.66. The van der Waals surface area contributed by atoms with Crippen LogP contribution in [-0.4, -0.2) is 16.1 Å². The lowest BCUT2D eigenvalue weighted by atomic mass is 10.1. The van der Waals surface area contributed by atoms with Crippen LogP contribution in [0.1, 0.15) is 41.4 Å². The maximum Gasteiger partial charge on any atom is 0.335 e. The molecule has 2 N–H and O–H groups in total. The molecule has 0 radical (unpaired) electrons. The zero-order chi connectivity index (χ0) is 15.6. The molecule has 0 spiro atoms. The first kappa shape index (κ1) is 15.0. The first-order valence-electron chi connectivity index (χ1n) is 6.65. The molecule has 0 bridgehead atoms. The van der Waals surface area contributed by atoms with Gasteiger partial charge in [0.2, 0.25) is 0 Å². The third kappa shape index (κ3) is 3.56. The summed E-state index contributed by atoms with van der Waals surface area (Å²) in [6, 6.07) is 7.40. The van der Waals surface area contributed by atoms with Crippen LogP contribution >= 0.6 is 0 Å². The Morgan fingerprint density at radius 2 is 2.00 bits per heavy atom. The van der Waals surface area contributed by atoms with E-state index in [4.69, 9.17) is 5.11 Å². The average Bonchev–Trinajstić information content (AvgIpc) is 2.41. The predicted octanol–water partition coefficient (Wildman–Crippen LogP) is 4.09. The largest absolute Gasteiger partial charge is 0.478 e. The SMILES string of the molecule is Cc1cc(F)ccc1Nc1cc(C(=O)O)cc(C(C)C)n1. The number of aromatic nitrogens is 1. The molecule has 0 aliphatic rings. The number of benzene rings is 1. The monoisotopic (exact) mass is 288 g/mol. The summed E-state index contributed by atoms with van der Waals surface area (Å²) in [5, 5.41) is 12.2. The molecule has 0 unspecified atom stereocenters. The minimum Gasteiger partial charge on any atom is -0.478 e. The molecule has 0 saturated carbocycles. The van der Waals surface area contributed by atoms with Crippen LogP contribution < -0.4 is 5.32 Å². The number of anilines is 2. The Kier molecular flexibility index (Phi) is 4.21. The van der Waals surface area contributed by atoms with Crippen LogP contribution in [0.3, 0.4) is 0 Å². The number of pyridine rings is 1. The fourth-order valence-corrected chi connectivity index (χ4v) is 1.94. The van der Waals surface area contributed by atoms with E-state index in [0.29, 0.717) is 17.2 Å². The second-order valence-electron chi connectivity index (χ2n) is 5.21. The molecular formula is C16H17FN2O2. The smallest absolute Gasteiger partial charge is 0.335 e. The number of aryl methyl sites for hydroxylation is 1. The van der Waals surface area contributed by atoms with Gasteiger partial charge in [0.15, 0.2) is 0 Å². The van der Waals surface area contributed by atoms with Gasteiger partial charge in [0.1, 0.15) is 11.6 Å². The molecule has 1 heterocycles. The van der Waals surface area contributed by atoms with Crippen molar-refractivity contribution in [3.05, 3.63) is 53.0 Å².